The molecule has 0 spiro atoms. The van der Waals surface area contributed by atoms with Crippen molar-refractivity contribution in [1.29, 1.82) is 5.26 Å². The van der Waals surface area contributed by atoms with Crippen LogP contribution >= 0.6 is 11.8 Å². The molecule has 0 saturated heterocycles. The molecule has 3 N–H and O–H groups in total. The Labute approximate surface area is 127 Å². The van der Waals surface area contributed by atoms with E-state index in [1.807, 2.05) is 12.3 Å². The average Bonchev–Trinajstić information content (AvgIpc) is 2.49. The van der Waals surface area contributed by atoms with Crippen molar-refractivity contribution < 1.29 is 14.3 Å². The molecule has 0 heterocycles. The highest BCUT2D eigenvalue weighted by atomic mass is 32.2. The van der Waals surface area contributed by atoms with Gasteiger partial charge >= 0.3 is 12.0 Å². The molecular weight excluding hydrogens is 290 g/mol. The normalized spacial score (nSPS) is 11.2. The van der Waals surface area contributed by atoms with E-state index in [9.17, 15) is 9.59 Å². The number of carbonyl (C=O) groups excluding carboxylic acids is 2. The first-order valence-electron chi connectivity index (χ1n) is 6.27. The number of hydrogen-bond donors (Lipinski definition) is 2. The van der Waals surface area contributed by atoms with Crippen LogP contribution in [0.5, 0.6) is 0 Å². The number of nitrogens with zero attached hydrogens (tertiary/aromatic N) is 1. The molecule has 0 saturated carbocycles. The van der Waals surface area contributed by atoms with Gasteiger partial charge in [-0.3, -0.25) is 0 Å². The predicted octanol–water partition coefficient (Wildman–Crippen LogP) is 1.39. The van der Waals surface area contributed by atoms with Gasteiger partial charge in [-0.1, -0.05) is 12.1 Å². The fraction of sp³-hybridized carbons (Fsp3) is 0.357. The van der Waals surface area contributed by atoms with Crippen LogP contribution in [-0.2, 0) is 16.1 Å². The van der Waals surface area contributed by atoms with Gasteiger partial charge in [0.15, 0.2) is 0 Å². The number of carbonyl (C=O) groups is 2. The maximum absolute atomic E-state index is 11.9. The third-order valence-electron chi connectivity index (χ3n) is 2.68. The Balaban J connectivity index is 2.55. The van der Waals surface area contributed by atoms with Crippen LogP contribution in [0.25, 0.3) is 0 Å². The smallest absolute Gasteiger partial charge is 0.329 e. The van der Waals surface area contributed by atoms with Gasteiger partial charge in [-0.15, -0.1) is 0 Å². The average molecular weight is 307 g/mol. The van der Waals surface area contributed by atoms with Gasteiger partial charge in [0.05, 0.1) is 11.6 Å². The number of nitriles is 1. The van der Waals surface area contributed by atoms with E-state index in [2.05, 4.69) is 5.32 Å². The number of nitrogens with one attached hydrogen (secondary N) is 1. The van der Waals surface area contributed by atoms with E-state index in [1.165, 1.54) is 0 Å². The number of primary amides is 1. The zero-order valence-electron chi connectivity index (χ0n) is 11.7. The van der Waals surface area contributed by atoms with Gasteiger partial charge in [-0.2, -0.15) is 17.0 Å². The lowest BCUT2D eigenvalue weighted by atomic mass is 10.1. The van der Waals surface area contributed by atoms with Crippen LogP contribution in [-0.4, -0.2) is 30.1 Å². The minimum atomic E-state index is -0.753. The molecule has 0 fully saturated rings. The summed E-state index contributed by atoms with van der Waals surface area (Å²) in [5.74, 6) is 0.184. The molecule has 21 heavy (non-hydrogen) atoms. The Morgan fingerprint density at radius 3 is 2.62 bits per heavy atom. The van der Waals surface area contributed by atoms with E-state index in [1.54, 1.807) is 36.0 Å². The van der Waals surface area contributed by atoms with E-state index in [-0.39, 0.29) is 6.61 Å². The van der Waals surface area contributed by atoms with Crippen molar-refractivity contribution in [3.63, 3.8) is 0 Å². The molecule has 0 aliphatic heterocycles. The van der Waals surface area contributed by atoms with E-state index >= 15 is 0 Å². The highest BCUT2D eigenvalue weighted by Crippen LogP contribution is 2.07. The van der Waals surface area contributed by atoms with Gasteiger partial charge in [0.1, 0.15) is 12.6 Å². The number of amides is 2. The monoisotopic (exact) mass is 307 g/mol. The first kappa shape index (κ1) is 16.9. The van der Waals surface area contributed by atoms with Crippen molar-refractivity contribution in [2.24, 2.45) is 5.73 Å². The van der Waals surface area contributed by atoms with Crippen molar-refractivity contribution in [2.75, 3.05) is 12.0 Å². The number of rotatable bonds is 7. The maximum atomic E-state index is 11.9. The maximum Gasteiger partial charge on any atom is 0.329 e. The van der Waals surface area contributed by atoms with Gasteiger partial charge in [0.25, 0.3) is 0 Å². The second-order valence-electron chi connectivity index (χ2n) is 4.26. The Morgan fingerprint density at radius 1 is 1.43 bits per heavy atom. The molecule has 0 bridgehead atoms. The molecular formula is C14H17N3O3S. The summed E-state index contributed by atoms with van der Waals surface area (Å²) in [6.07, 6.45) is 2.36. The SMILES string of the molecule is CSCC[C@H](NC(N)=O)C(=O)OCc1ccc(C#N)cc1. The summed E-state index contributed by atoms with van der Waals surface area (Å²) in [7, 11) is 0. The molecule has 0 aliphatic rings. The molecule has 7 heteroatoms. The summed E-state index contributed by atoms with van der Waals surface area (Å²) in [6.45, 7) is 0.0841. The zero-order valence-corrected chi connectivity index (χ0v) is 12.5. The number of hydrogen-bond acceptors (Lipinski definition) is 5. The standard InChI is InChI=1S/C14H17N3O3S/c1-21-7-6-12(17-14(16)19)13(18)20-9-11-4-2-10(8-15)3-5-11/h2-5,12H,6-7,9H2,1H3,(H3,16,17,19)/t12-/m0/s1. The van der Waals surface area contributed by atoms with Crippen molar-refractivity contribution in [1.82, 2.24) is 5.32 Å². The van der Waals surface area contributed by atoms with Gasteiger partial charge in [-0.25, -0.2) is 9.59 Å². The van der Waals surface area contributed by atoms with E-state index in [4.69, 9.17) is 15.7 Å². The first-order chi connectivity index (χ1) is 10.1. The molecule has 112 valence electrons. The van der Waals surface area contributed by atoms with E-state index in [0.29, 0.717) is 17.7 Å². The first-order valence-corrected chi connectivity index (χ1v) is 7.66. The molecule has 1 rings (SSSR count). The Kier molecular flexibility index (Phi) is 7.12. The fourth-order valence-electron chi connectivity index (χ4n) is 1.59. The van der Waals surface area contributed by atoms with Crippen molar-refractivity contribution in [2.45, 2.75) is 19.1 Å². The lowest BCUT2D eigenvalue weighted by Gasteiger charge is -2.16. The third-order valence-corrected chi connectivity index (χ3v) is 3.32. The van der Waals surface area contributed by atoms with Gasteiger partial charge in [-0.05, 0) is 36.1 Å². The van der Waals surface area contributed by atoms with Crippen molar-refractivity contribution in [3.05, 3.63) is 35.4 Å². The van der Waals surface area contributed by atoms with Crippen LogP contribution in [0.3, 0.4) is 0 Å². The molecule has 6 nitrogen and oxygen atoms in total. The van der Waals surface area contributed by atoms with Crippen molar-refractivity contribution >= 4 is 23.8 Å². The van der Waals surface area contributed by atoms with Crippen molar-refractivity contribution in [3.8, 4) is 6.07 Å². The quantitative estimate of drug-likeness (QED) is 0.741. The molecule has 0 aromatic heterocycles. The number of nitrogens with two attached hydrogens (primary N) is 1. The molecule has 0 unspecified atom stereocenters. The third kappa shape index (κ3) is 6.19. The highest BCUT2D eigenvalue weighted by Gasteiger charge is 2.20. The Hall–Kier alpha value is -2.20. The number of thioether (sulfide) groups is 1. The Bertz CT molecular complexity index is 525. The van der Waals surface area contributed by atoms with Crippen LogP contribution in [0.1, 0.15) is 17.5 Å². The minimum Gasteiger partial charge on any atom is -0.459 e. The summed E-state index contributed by atoms with van der Waals surface area (Å²) in [4.78, 5) is 22.8. The molecule has 1 aromatic carbocycles. The molecule has 1 aromatic rings. The lowest BCUT2D eigenvalue weighted by molar-refractivity contribution is -0.147. The topological polar surface area (TPSA) is 105 Å². The van der Waals surface area contributed by atoms with E-state index < -0.39 is 18.0 Å². The molecule has 0 radical (unpaired) electrons. The summed E-state index contributed by atoms with van der Waals surface area (Å²) in [5.41, 5.74) is 6.36. The van der Waals surface area contributed by atoms with Crippen LogP contribution in [0.15, 0.2) is 24.3 Å². The lowest BCUT2D eigenvalue weighted by Crippen LogP contribution is -2.44. The summed E-state index contributed by atoms with van der Waals surface area (Å²) >= 11 is 1.56. The largest absolute Gasteiger partial charge is 0.459 e. The number of urea groups is 1. The highest BCUT2D eigenvalue weighted by molar-refractivity contribution is 7.98. The fourth-order valence-corrected chi connectivity index (χ4v) is 2.06. The van der Waals surface area contributed by atoms with Gasteiger partial charge in [0, 0.05) is 0 Å². The van der Waals surface area contributed by atoms with Crippen LogP contribution < -0.4 is 11.1 Å². The van der Waals surface area contributed by atoms with Gasteiger partial charge in [0.2, 0.25) is 0 Å². The zero-order chi connectivity index (χ0) is 15.7. The molecule has 1 atom stereocenters. The molecule has 2 amide bonds. The molecule has 0 aliphatic carbocycles. The summed E-state index contributed by atoms with van der Waals surface area (Å²) in [5, 5.41) is 11.1. The number of ether oxygens (including phenoxy) is 1. The number of benzene rings is 1. The van der Waals surface area contributed by atoms with Crippen LogP contribution in [0.2, 0.25) is 0 Å². The minimum absolute atomic E-state index is 0.0841. The summed E-state index contributed by atoms with van der Waals surface area (Å²) in [6, 6.07) is 7.24. The Morgan fingerprint density at radius 2 is 2.10 bits per heavy atom. The van der Waals surface area contributed by atoms with Crippen LogP contribution in [0, 0.1) is 11.3 Å². The number of esters is 1. The van der Waals surface area contributed by atoms with Crippen LogP contribution in [0.4, 0.5) is 4.79 Å². The second-order valence-corrected chi connectivity index (χ2v) is 5.24. The summed E-state index contributed by atoms with van der Waals surface area (Å²) < 4.78 is 5.16. The van der Waals surface area contributed by atoms with Gasteiger partial charge < -0.3 is 15.8 Å². The second kappa shape index (κ2) is 8.87. The van der Waals surface area contributed by atoms with E-state index in [0.717, 1.165) is 5.56 Å². The predicted molar refractivity (Wildman–Crippen MR) is 80.5 cm³/mol.